The van der Waals surface area contributed by atoms with Gasteiger partial charge in [-0.05, 0) is 63.3 Å². The summed E-state index contributed by atoms with van der Waals surface area (Å²) in [6, 6.07) is 21.4. The number of hydrogen-bond donors (Lipinski definition) is 2. The predicted molar refractivity (Wildman–Crippen MR) is 147 cm³/mol. The van der Waals surface area contributed by atoms with E-state index < -0.39 is 18.2 Å². The van der Waals surface area contributed by atoms with E-state index in [0.717, 1.165) is 16.7 Å². The number of anilines is 1. The number of benzene rings is 3. The smallest absolute Gasteiger partial charge is 0.411 e. The van der Waals surface area contributed by atoms with Crippen LogP contribution >= 0.6 is 0 Å². The number of nitrogens with zero attached hydrogens (tertiary/aromatic N) is 2. The maximum absolute atomic E-state index is 13.4. The molecule has 0 saturated carbocycles. The minimum absolute atomic E-state index is 0.215. The van der Waals surface area contributed by atoms with Gasteiger partial charge < -0.3 is 20.3 Å². The van der Waals surface area contributed by atoms with Crippen LogP contribution in [-0.4, -0.2) is 60.9 Å². The van der Waals surface area contributed by atoms with Crippen molar-refractivity contribution < 1.29 is 19.1 Å². The second-order valence-electron chi connectivity index (χ2n) is 9.90. The number of rotatable bonds is 9. The molecule has 0 aliphatic carbocycles. The molecule has 1 heterocycles. The first-order chi connectivity index (χ1) is 18.2. The first kappa shape index (κ1) is 26.9. The molecule has 0 radical (unpaired) electrons. The fourth-order valence-corrected chi connectivity index (χ4v) is 4.39. The quantitative estimate of drug-likeness (QED) is 0.445. The Balaban J connectivity index is 1.53. The molecule has 198 valence electrons. The molecule has 2 atom stereocenters. The van der Waals surface area contributed by atoms with E-state index in [9.17, 15) is 14.4 Å². The monoisotopic (exact) mass is 514 g/mol. The SMILES string of the molecule is Cc1ccc(C(=O)Nc2ccc([C@@H]3OC(=O)N(Cc4cccc(C)c4)[C@@H]3C(=O)NCCN(C)C)cc2)cc1. The van der Waals surface area contributed by atoms with Gasteiger partial charge in [-0.1, -0.05) is 59.7 Å². The standard InChI is InChI=1S/C30H34N4O4/c1-20-8-10-24(11-9-20)28(35)32-25-14-12-23(13-15-25)27-26(29(36)31-16-17-33(3)4)34(30(37)38-27)19-22-7-5-6-21(2)18-22/h5-15,18,26-27H,16-17,19H2,1-4H3,(H,31,36)(H,32,35)/t26-,27-/m0/s1. The summed E-state index contributed by atoms with van der Waals surface area (Å²) in [6.07, 6.45) is -1.32. The fourth-order valence-electron chi connectivity index (χ4n) is 4.39. The van der Waals surface area contributed by atoms with Crippen molar-refractivity contribution in [3.8, 4) is 0 Å². The number of nitrogens with one attached hydrogen (secondary N) is 2. The van der Waals surface area contributed by atoms with E-state index in [0.29, 0.717) is 29.9 Å². The average Bonchev–Trinajstić information content (AvgIpc) is 3.20. The molecule has 3 amide bonds. The van der Waals surface area contributed by atoms with E-state index in [4.69, 9.17) is 4.74 Å². The van der Waals surface area contributed by atoms with Gasteiger partial charge in [0.05, 0.1) is 6.54 Å². The van der Waals surface area contributed by atoms with Crippen molar-refractivity contribution in [1.82, 2.24) is 15.1 Å². The van der Waals surface area contributed by atoms with Crippen LogP contribution in [0.4, 0.5) is 10.5 Å². The molecule has 3 aromatic rings. The number of cyclic esters (lactones) is 1. The van der Waals surface area contributed by atoms with Gasteiger partial charge >= 0.3 is 6.09 Å². The van der Waals surface area contributed by atoms with E-state index in [1.807, 2.05) is 69.2 Å². The molecule has 2 N–H and O–H groups in total. The number of hydrogen-bond acceptors (Lipinski definition) is 5. The van der Waals surface area contributed by atoms with Crippen LogP contribution in [0.25, 0.3) is 0 Å². The van der Waals surface area contributed by atoms with Gasteiger partial charge in [0.15, 0.2) is 12.1 Å². The van der Waals surface area contributed by atoms with Gasteiger partial charge in [0, 0.05) is 24.3 Å². The van der Waals surface area contributed by atoms with E-state index >= 15 is 0 Å². The Morgan fingerprint density at radius 3 is 2.32 bits per heavy atom. The fraction of sp³-hybridized carbons (Fsp3) is 0.300. The van der Waals surface area contributed by atoms with E-state index in [1.165, 1.54) is 4.90 Å². The zero-order valence-electron chi connectivity index (χ0n) is 22.2. The highest BCUT2D eigenvalue weighted by Crippen LogP contribution is 2.34. The summed E-state index contributed by atoms with van der Waals surface area (Å²) < 4.78 is 5.75. The van der Waals surface area contributed by atoms with Gasteiger partial charge in [0.1, 0.15) is 0 Å². The minimum Gasteiger partial charge on any atom is -0.438 e. The van der Waals surface area contributed by atoms with Crippen molar-refractivity contribution >= 4 is 23.6 Å². The minimum atomic E-state index is -0.835. The first-order valence-corrected chi connectivity index (χ1v) is 12.6. The molecule has 0 spiro atoms. The van der Waals surface area contributed by atoms with Crippen molar-refractivity contribution in [1.29, 1.82) is 0 Å². The Morgan fingerprint density at radius 2 is 1.66 bits per heavy atom. The average molecular weight is 515 g/mol. The zero-order valence-corrected chi connectivity index (χ0v) is 22.2. The maximum atomic E-state index is 13.4. The van der Waals surface area contributed by atoms with Crippen LogP contribution in [0.15, 0.2) is 72.8 Å². The summed E-state index contributed by atoms with van der Waals surface area (Å²) >= 11 is 0. The Hall–Kier alpha value is -4.17. The van der Waals surface area contributed by atoms with Crippen molar-refractivity contribution in [2.24, 2.45) is 0 Å². The van der Waals surface area contributed by atoms with Crippen molar-refractivity contribution in [3.05, 3.63) is 101 Å². The topological polar surface area (TPSA) is 91.0 Å². The molecule has 4 rings (SSSR count). The number of likely N-dealkylation sites (N-methyl/N-ethyl adjacent to an activating group) is 1. The number of ether oxygens (including phenoxy) is 1. The van der Waals surface area contributed by atoms with E-state index in [-0.39, 0.29) is 18.4 Å². The molecular weight excluding hydrogens is 480 g/mol. The first-order valence-electron chi connectivity index (χ1n) is 12.6. The van der Waals surface area contributed by atoms with Gasteiger partial charge in [-0.2, -0.15) is 0 Å². The molecule has 8 heteroatoms. The van der Waals surface area contributed by atoms with E-state index in [2.05, 4.69) is 10.6 Å². The summed E-state index contributed by atoms with van der Waals surface area (Å²) in [5.74, 6) is -0.486. The van der Waals surface area contributed by atoms with Crippen molar-refractivity contribution in [2.75, 3.05) is 32.5 Å². The molecule has 1 fully saturated rings. The lowest BCUT2D eigenvalue weighted by molar-refractivity contribution is -0.126. The second kappa shape index (κ2) is 11.9. The van der Waals surface area contributed by atoms with Crippen molar-refractivity contribution in [3.63, 3.8) is 0 Å². The lowest BCUT2D eigenvalue weighted by Gasteiger charge is -2.24. The van der Waals surface area contributed by atoms with Crippen LogP contribution in [0, 0.1) is 13.8 Å². The Bertz CT molecular complexity index is 1290. The third-order valence-electron chi connectivity index (χ3n) is 6.46. The summed E-state index contributed by atoms with van der Waals surface area (Å²) in [6.45, 7) is 5.33. The Labute approximate surface area is 223 Å². The third-order valence-corrected chi connectivity index (χ3v) is 6.46. The lowest BCUT2D eigenvalue weighted by atomic mass is 10.00. The van der Waals surface area contributed by atoms with Crippen LogP contribution in [0.5, 0.6) is 0 Å². The maximum Gasteiger partial charge on any atom is 0.411 e. The lowest BCUT2D eigenvalue weighted by Crippen LogP contribution is -2.47. The molecule has 0 bridgehead atoms. The molecule has 1 aliphatic rings. The van der Waals surface area contributed by atoms with Gasteiger partial charge in [0.25, 0.3) is 5.91 Å². The number of carbonyl (C=O) groups is 3. The van der Waals surface area contributed by atoms with Crippen molar-refractivity contribution in [2.45, 2.75) is 32.5 Å². The second-order valence-corrected chi connectivity index (χ2v) is 9.90. The van der Waals surface area contributed by atoms with Crippen LogP contribution in [0.1, 0.15) is 38.7 Å². The van der Waals surface area contributed by atoms with Crippen LogP contribution in [-0.2, 0) is 16.1 Å². The largest absolute Gasteiger partial charge is 0.438 e. The third kappa shape index (κ3) is 6.58. The Kier molecular flexibility index (Phi) is 8.43. The van der Waals surface area contributed by atoms with Gasteiger partial charge in [-0.3, -0.25) is 14.5 Å². The summed E-state index contributed by atoms with van der Waals surface area (Å²) in [5.41, 5.74) is 4.91. The van der Waals surface area contributed by atoms with Crippen LogP contribution in [0.2, 0.25) is 0 Å². The number of carbonyl (C=O) groups excluding carboxylic acids is 3. The van der Waals surface area contributed by atoms with Crippen LogP contribution in [0.3, 0.4) is 0 Å². The molecule has 0 unspecified atom stereocenters. The molecule has 8 nitrogen and oxygen atoms in total. The van der Waals surface area contributed by atoms with Gasteiger partial charge in [-0.25, -0.2) is 4.79 Å². The predicted octanol–water partition coefficient (Wildman–Crippen LogP) is 4.30. The molecule has 3 aromatic carbocycles. The summed E-state index contributed by atoms with van der Waals surface area (Å²) in [7, 11) is 3.86. The molecule has 38 heavy (non-hydrogen) atoms. The molecule has 1 aliphatic heterocycles. The number of aryl methyl sites for hydroxylation is 2. The zero-order chi connectivity index (χ0) is 27.2. The molecular formula is C30H34N4O4. The molecule has 1 saturated heterocycles. The van der Waals surface area contributed by atoms with Crippen LogP contribution < -0.4 is 10.6 Å². The molecule has 0 aromatic heterocycles. The Morgan fingerprint density at radius 1 is 0.947 bits per heavy atom. The number of amides is 3. The summed E-state index contributed by atoms with van der Waals surface area (Å²) in [4.78, 5) is 42.4. The van der Waals surface area contributed by atoms with E-state index in [1.54, 1.807) is 36.4 Å². The van der Waals surface area contributed by atoms with Gasteiger partial charge in [-0.15, -0.1) is 0 Å². The van der Waals surface area contributed by atoms with Gasteiger partial charge in [0.2, 0.25) is 5.91 Å². The normalized spacial score (nSPS) is 16.9. The highest BCUT2D eigenvalue weighted by atomic mass is 16.6. The summed E-state index contributed by atoms with van der Waals surface area (Å²) in [5, 5.41) is 5.83. The highest BCUT2D eigenvalue weighted by Gasteiger charge is 2.46. The highest BCUT2D eigenvalue weighted by molar-refractivity contribution is 6.04.